The van der Waals surface area contributed by atoms with Crippen LogP contribution in [-0.2, 0) is 9.53 Å². The van der Waals surface area contributed by atoms with Crippen LogP contribution in [-0.4, -0.2) is 18.2 Å². The smallest absolute Gasteiger partial charge is 0.344 e. The summed E-state index contributed by atoms with van der Waals surface area (Å²) in [6.07, 6.45) is 5.04. The molecular weight excluding hydrogens is 508 g/mol. The van der Waals surface area contributed by atoms with Crippen LogP contribution in [0.4, 0.5) is 0 Å². The maximum atomic E-state index is 12.6. The molecular formula is C29H31BrO3S. The van der Waals surface area contributed by atoms with E-state index in [0.717, 1.165) is 49.0 Å². The zero-order chi connectivity index (χ0) is 23.9. The van der Waals surface area contributed by atoms with E-state index in [1.807, 2.05) is 0 Å². The Kier molecular flexibility index (Phi) is 6.28. The summed E-state index contributed by atoms with van der Waals surface area (Å²) in [6, 6.07) is 21.7. The van der Waals surface area contributed by atoms with Crippen molar-refractivity contribution in [2.75, 3.05) is 6.61 Å². The number of hydrogen-bond acceptors (Lipinski definition) is 3. The van der Waals surface area contributed by atoms with E-state index in [2.05, 4.69) is 96.2 Å². The highest BCUT2D eigenvalue weighted by Crippen LogP contribution is 2.80. The number of hydrogen-bond donors (Lipinski definition) is 0. The van der Waals surface area contributed by atoms with Crippen LogP contribution in [0.2, 0.25) is 0 Å². The molecule has 1 heterocycles. The number of fused-ring (bicyclic) bond motifs is 3. The topological polar surface area (TPSA) is 35.5 Å². The number of halogens is 1. The van der Waals surface area contributed by atoms with E-state index in [0.29, 0.717) is 0 Å². The molecule has 34 heavy (non-hydrogen) atoms. The molecule has 2 aliphatic rings. The van der Waals surface area contributed by atoms with Gasteiger partial charge in [-0.25, -0.2) is 4.79 Å². The van der Waals surface area contributed by atoms with Gasteiger partial charge >= 0.3 is 5.97 Å². The minimum atomic E-state index is -1.56. The highest BCUT2D eigenvalue weighted by atomic mass is 79.9. The summed E-state index contributed by atoms with van der Waals surface area (Å²) in [5.74, 6) is 0.501. The summed E-state index contributed by atoms with van der Waals surface area (Å²) in [7, 11) is -1.56. The van der Waals surface area contributed by atoms with E-state index >= 15 is 0 Å². The molecule has 5 heteroatoms. The molecule has 3 aromatic carbocycles. The fourth-order valence-corrected chi connectivity index (χ4v) is 10.7. The Morgan fingerprint density at radius 2 is 1.47 bits per heavy atom. The minimum Gasteiger partial charge on any atom is -0.481 e. The summed E-state index contributed by atoms with van der Waals surface area (Å²) < 4.78 is 11.9. The predicted molar refractivity (Wildman–Crippen MR) is 142 cm³/mol. The average molecular weight is 540 g/mol. The molecule has 0 unspecified atom stereocenters. The van der Waals surface area contributed by atoms with Gasteiger partial charge in [0.25, 0.3) is 0 Å². The van der Waals surface area contributed by atoms with Crippen LogP contribution >= 0.6 is 23.3 Å². The molecule has 1 aliphatic carbocycles. The molecule has 1 aliphatic heterocycles. The number of carbonyl (C=O) groups excluding carboxylic acids is 1. The molecule has 0 aromatic heterocycles. The number of aryl methyl sites for hydroxylation is 2. The van der Waals surface area contributed by atoms with Crippen LogP contribution in [0.3, 0.4) is 0 Å². The minimum absolute atomic E-state index is 0.0548. The van der Waals surface area contributed by atoms with Gasteiger partial charge in [-0.2, -0.15) is 0 Å². The lowest BCUT2D eigenvalue weighted by molar-refractivity contribution is -0.162. The van der Waals surface area contributed by atoms with E-state index in [1.165, 1.54) is 25.8 Å². The number of benzene rings is 3. The van der Waals surface area contributed by atoms with Crippen LogP contribution in [0.1, 0.15) is 50.2 Å². The standard InChI is InChI=1S/C29H31BrO3S/c1-4-29(15-9-10-16-29)33-27(31)19-32-28-20(2)17-22(18-21(28)3)34(30)25-13-7-5-11-23(25)24-12-6-8-14-26(24)34/h5-8,11-14,17-18H,4,9-10,15-16,19H2,1-3H3. The van der Waals surface area contributed by atoms with Gasteiger partial charge in [0.15, 0.2) is 6.61 Å². The van der Waals surface area contributed by atoms with Crippen LogP contribution in [0.25, 0.3) is 11.1 Å². The fraction of sp³-hybridized carbons (Fsp3) is 0.345. The monoisotopic (exact) mass is 538 g/mol. The summed E-state index contributed by atoms with van der Waals surface area (Å²) in [6.45, 7) is 6.17. The zero-order valence-electron chi connectivity index (χ0n) is 20.0. The van der Waals surface area contributed by atoms with Gasteiger partial charge < -0.3 is 9.47 Å². The Balaban J connectivity index is 1.42. The molecule has 0 bridgehead atoms. The first kappa shape index (κ1) is 23.5. The van der Waals surface area contributed by atoms with E-state index in [-0.39, 0.29) is 18.2 Å². The molecule has 0 spiro atoms. The van der Waals surface area contributed by atoms with Gasteiger partial charge in [0.1, 0.15) is 11.4 Å². The summed E-state index contributed by atoms with van der Waals surface area (Å²) in [4.78, 5) is 16.5. The molecule has 0 saturated heterocycles. The third-order valence-corrected chi connectivity index (χ3v) is 13.3. The number of esters is 1. The van der Waals surface area contributed by atoms with Crippen molar-refractivity contribution in [1.82, 2.24) is 0 Å². The van der Waals surface area contributed by atoms with Crippen molar-refractivity contribution >= 4 is 29.2 Å². The van der Waals surface area contributed by atoms with E-state index in [1.54, 1.807) is 0 Å². The van der Waals surface area contributed by atoms with Crippen LogP contribution in [0.15, 0.2) is 75.4 Å². The first-order valence-corrected chi connectivity index (χ1v) is 15.5. The molecule has 0 amide bonds. The SMILES string of the molecule is CCC1(OC(=O)COc2c(C)cc(S3(Br)c4ccccc4-c4ccccc43)cc2C)CCCC1. The Bertz CT molecular complexity index is 1180. The molecule has 5 rings (SSSR count). The Morgan fingerprint density at radius 1 is 0.941 bits per heavy atom. The van der Waals surface area contributed by atoms with E-state index in [4.69, 9.17) is 9.47 Å². The van der Waals surface area contributed by atoms with Crippen LogP contribution in [0.5, 0.6) is 5.75 Å². The van der Waals surface area contributed by atoms with Crippen molar-refractivity contribution in [3.05, 3.63) is 71.8 Å². The maximum Gasteiger partial charge on any atom is 0.344 e. The first-order chi connectivity index (χ1) is 16.4. The molecule has 0 radical (unpaired) electrons. The van der Waals surface area contributed by atoms with Crippen molar-refractivity contribution in [3.8, 4) is 16.9 Å². The Morgan fingerprint density at radius 3 is 2.00 bits per heavy atom. The molecule has 3 aromatic rings. The van der Waals surface area contributed by atoms with Gasteiger partial charge in [-0.05, 0) is 107 Å². The van der Waals surface area contributed by atoms with Crippen molar-refractivity contribution in [2.45, 2.75) is 73.2 Å². The molecule has 0 atom stereocenters. The molecule has 1 fully saturated rings. The zero-order valence-corrected chi connectivity index (χ0v) is 22.4. The second-order valence-corrected chi connectivity index (χ2v) is 14.8. The van der Waals surface area contributed by atoms with Crippen molar-refractivity contribution in [3.63, 3.8) is 0 Å². The van der Waals surface area contributed by atoms with Gasteiger partial charge in [0.2, 0.25) is 0 Å². The highest BCUT2D eigenvalue weighted by Gasteiger charge is 2.39. The van der Waals surface area contributed by atoms with Crippen LogP contribution < -0.4 is 4.74 Å². The third-order valence-electron chi connectivity index (χ3n) is 7.25. The van der Waals surface area contributed by atoms with Gasteiger partial charge in [0.05, 0.1) is 0 Å². The van der Waals surface area contributed by atoms with E-state index < -0.39 is 8.46 Å². The molecule has 1 saturated carbocycles. The second-order valence-electron chi connectivity index (χ2n) is 9.42. The molecule has 0 N–H and O–H groups in total. The molecule has 3 nitrogen and oxygen atoms in total. The third kappa shape index (κ3) is 3.87. The first-order valence-electron chi connectivity index (χ1n) is 12.1. The molecule has 178 valence electrons. The van der Waals surface area contributed by atoms with Crippen molar-refractivity contribution in [1.29, 1.82) is 0 Å². The number of ether oxygens (including phenoxy) is 2. The maximum absolute atomic E-state index is 12.6. The quantitative estimate of drug-likeness (QED) is 0.295. The average Bonchev–Trinajstić information content (AvgIpc) is 3.41. The highest BCUT2D eigenvalue weighted by molar-refractivity contribution is 9.58. The number of carbonyl (C=O) groups is 1. The fourth-order valence-electron chi connectivity index (χ4n) is 5.49. The lowest BCUT2D eigenvalue weighted by Gasteiger charge is -2.32. The van der Waals surface area contributed by atoms with E-state index in [9.17, 15) is 4.79 Å². The summed E-state index contributed by atoms with van der Waals surface area (Å²) in [5, 5.41) is 0. The lowest BCUT2D eigenvalue weighted by Crippen LogP contribution is -2.33. The largest absolute Gasteiger partial charge is 0.481 e. The van der Waals surface area contributed by atoms with Crippen molar-refractivity contribution < 1.29 is 14.3 Å². The van der Waals surface area contributed by atoms with Gasteiger partial charge in [0, 0.05) is 14.7 Å². The Labute approximate surface area is 211 Å². The normalized spacial score (nSPS) is 18.1. The summed E-state index contributed by atoms with van der Waals surface area (Å²) in [5.41, 5.74) is 4.35. The number of rotatable bonds is 6. The van der Waals surface area contributed by atoms with Gasteiger partial charge in [-0.1, -0.05) is 51.8 Å². The summed E-state index contributed by atoms with van der Waals surface area (Å²) >= 11 is 4.24. The predicted octanol–water partition coefficient (Wildman–Crippen LogP) is 8.52. The van der Waals surface area contributed by atoms with Gasteiger partial charge in [-0.15, -0.1) is 0 Å². The van der Waals surface area contributed by atoms with Gasteiger partial charge in [-0.3, -0.25) is 0 Å². The lowest BCUT2D eigenvalue weighted by atomic mass is 9.99. The van der Waals surface area contributed by atoms with Crippen LogP contribution in [0, 0.1) is 13.8 Å². The second kappa shape index (κ2) is 9.09. The Hall–Kier alpha value is -2.24. The van der Waals surface area contributed by atoms with Crippen molar-refractivity contribution in [2.24, 2.45) is 0 Å².